The van der Waals surface area contributed by atoms with Crippen LogP contribution in [-0.4, -0.2) is 12.1 Å². The topological polar surface area (TPSA) is 61.3 Å². The summed E-state index contributed by atoms with van der Waals surface area (Å²) in [5, 5.41) is 0. The standard InChI is InChI=1S/C21H15F3N2O2/c1-27-18-7-6-14(10-16(18)25)20-26-17-11-13(5-8-19(17)28-20)12-3-2-4-15(9-12)21(22,23)24/h2-11H,25H2,1H3. The second-order valence-corrected chi connectivity index (χ2v) is 6.24. The summed E-state index contributed by atoms with van der Waals surface area (Å²) in [6, 6.07) is 15.4. The summed E-state index contributed by atoms with van der Waals surface area (Å²) in [5.74, 6) is 0.914. The number of hydrogen-bond acceptors (Lipinski definition) is 4. The fraction of sp³-hybridized carbons (Fsp3) is 0.0952. The summed E-state index contributed by atoms with van der Waals surface area (Å²) in [5.41, 5.74) is 8.50. The summed E-state index contributed by atoms with van der Waals surface area (Å²) in [6.45, 7) is 0. The largest absolute Gasteiger partial charge is 0.495 e. The molecule has 4 nitrogen and oxygen atoms in total. The molecule has 1 aromatic heterocycles. The number of methoxy groups -OCH3 is 1. The molecule has 2 N–H and O–H groups in total. The monoisotopic (exact) mass is 384 g/mol. The van der Waals surface area contributed by atoms with Gasteiger partial charge in [-0.05, 0) is 53.6 Å². The zero-order chi connectivity index (χ0) is 19.9. The summed E-state index contributed by atoms with van der Waals surface area (Å²) in [7, 11) is 1.53. The van der Waals surface area contributed by atoms with E-state index in [1.165, 1.54) is 13.2 Å². The number of nitrogens with zero attached hydrogens (tertiary/aromatic N) is 1. The fourth-order valence-corrected chi connectivity index (χ4v) is 2.97. The van der Waals surface area contributed by atoms with Gasteiger partial charge in [0, 0.05) is 5.56 Å². The van der Waals surface area contributed by atoms with Gasteiger partial charge in [-0.3, -0.25) is 0 Å². The molecule has 0 spiro atoms. The molecular formula is C21H15F3N2O2. The van der Waals surface area contributed by atoms with Gasteiger partial charge in [-0.1, -0.05) is 18.2 Å². The van der Waals surface area contributed by atoms with Gasteiger partial charge in [-0.15, -0.1) is 0 Å². The molecule has 0 fully saturated rings. The number of halogens is 3. The fourth-order valence-electron chi connectivity index (χ4n) is 2.97. The first-order valence-corrected chi connectivity index (χ1v) is 8.37. The molecule has 4 rings (SSSR count). The molecule has 142 valence electrons. The molecule has 1 heterocycles. The van der Waals surface area contributed by atoms with Gasteiger partial charge in [-0.25, -0.2) is 4.98 Å². The maximum atomic E-state index is 13.0. The molecule has 0 amide bonds. The Hall–Kier alpha value is -3.48. The van der Waals surface area contributed by atoms with Gasteiger partial charge >= 0.3 is 6.18 Å². The Kier molecular flexibility index (Phi) is 4.22. The normalized spacial score (nSPS) is 11.7. The predicted octanol–water partition coefficient (Wildman–Crippen LogP) is 5.77. The Balaban J connectivity index is 1.74. The van der Waals surface area contributed by atoms with Crippen molar-refractivity contribution in [2.75, 3.05) is 12.8 Å². The van der Waals surface area contributed by atoms with Crippen molar-refractivity contribution in [1.29, 1.82) is 0 Å². The van der Waals surface area contributed by atoms with E-state index in [1.54, 1.807) is 42.5 Å². The second-order valence-electron chi connectivity index (χ2n) is 6.24. The number of nitrogen functional groups attached to an aromatic ring is 1. The summed E-state index contributed by atoms with van der Waals surface area (Å²) in [4.78, 5) is 4.45. The van der Waals surface area contributed by atoms with Crippen LogP contribution >= 0.6 is 0 Å². The molecule has 4 aromatic rings. The Morgan fingerprint density at radius 3 is 2.39 bits per heavy atom. The molecule has 0 aliphatic heterocycles. The van der Waals surface area contributed by atoms with Gasteiger partial charge in [0.2, 0.25) is 5.89 Å². The van der Waals surface area contributed by atoms with Crippen molar-refractivity contribution in [2.45, 2.75) is 6.18 Å². The van der Waals surface area contributed by atoms with Crippen LogP contribution in [0.5, 0.6) is 5.75 Å². The van der Waals surface area contributed by atoms with Gasteiger partial charge in [0.1, 0.15) is 11.3 Å². The smallest absolute Gasteiger partial charge is 0.416 e. The van der Waals surface area contributed by atoms with Crippen LogP contribution in [-0.2, 0) is 6.18 Å². The summed E-state index contributed by atoms with van der Waals surface area (Å²) in [6.07, 6.45) is -4.39. The van der Waals surface area contributed by atoms with Crippen LogP contribution in [0.4, 0.5) is 18.9 Å². The number of oxazole rings is 1. The molecule has 0 radical (unpaired) electrons. The third-order valence-electron chi connectivity index (χ3n) is 4.39. The number of aromatic nitrogens is 1. The van der Waals surface area contributed by atoms with Crippen LogP contribution in [0.25, 0.3) is 33.7 Å². The van der Waals surface area contributed by atoms with E-state index in [9.17, 15) is 13.2 Å². The minimum Gasteiger partial charge on any atom is -0.495 e. The number of hydrogen-bond donors (Lipinski definition) is 1. The number of alkyl halides is 3. The van der Waals surface area contributed by atoms with E-state index in [0.29, 0.717) is 45.1 Å². The quantitative estimate of drug-likeness (QED) is 0.456. The summed E-state index contributed by atoms with van der Waals surface area (Å²) < 4.78 is 49.8. The molecule has 0 atom stereocenters. The van der Waals surface area contributed by atoms with Crippen LogP contribution in [0.15, 0.2) is 65.1 Å². The first-order chi connectivity index (χ1) is 13.3. The number of nitrogens with two attached hydrogens (primary N) is 1. The lowest BCUT2D eigenvalue weighted by Crippen LogP contribution is -2.04. The third kappa shape index (κ3) is 3.26. The lowest BCUT2D eigenvalue weighted by Gasteiger charge is -2.08. The molecule has 0 bridgehead atoms. The SMILES string of the molecule is COc1ccc(-c2nc3cc(-c4cccc(C(F)(F)F)c4)ccc3o2)cc1N. The predicted molar refractivity (Wildman–Crippen MR) is 101 cm³/mol. The van der Waals surface area contributed by atoms with E-state index >= 15 is 0 Å². The zero-order valence-corrected chi connectivity index (χ0v) is 14.7. The van der Waals surface area contributed by atoms with Crippen molar-refractivity contribution in [3.8, 4) is 28.3 Å². The Morgan fingerprint density at radius 2 is 1.68 bits per heavy atom. The molecule has 0 unspecified atom stereocenters. The molecule has 7 heteroatoms. The molecule has 3 aromatic carbocycles. The van der Waals surface area contributed by atoms with E-state index in [4.69, 9.17) is 14.9 Å². The third-order valence-corrected chi connectivity index (χ3v) is 4.39. The van der Waals surface area contributed by atoms with Crippen molar-refractivity contribution >= 4 is 16.8 Å². The van der Waals surface area contributed by atoms with Crippen molar-refractivity contribution in [1.82, 2.24) is 4.98 Å². The Morgan fingerprint density at radius 1 is 0.929 bits per heavy atom. The highest BCUT2D eigenvalue weighted by Crippen LogP contribution is 2.34. The van der Waals surface area contributed by atoms with Crippen molar-refractivity contribution < 1.29 is 22.3 Å². The average molecular weight is 384 g/mol. The second kappa shape index (κ2) is 6.60. The maximum absolute atomic E-state index is 13.0. The van der Waals surface area contributed by atoms with Gasteiger partial charge in [0.15, 0.2) is 5.58 Å². The minimum atomic E-state index is -4.39. The van der Waals surface area contributed by atoms with Gasteiger partial charge in [0.25, 0.3) is 0 Å². The number of benzene rings is 3. The molecule has 0 saturated carbocycles. The van der Waals surface area contributed by atoms with Gasteiger partial charge in [-0.2, -0.15) is 13.2 Å². The first-order valence-electron chi connectivity index (χ1n) is 8.37. The van der Waals surface area contributed by atoms with Crippen molar-refractivity contribution in [3.63, 3.8) is 0 Å². The van der Waals surface area contributed by atoms with E-state index in [2.05, 4.69) is 4.98 Å². The van der Waals surface area contributed by atoms with E-state index in [-0.39, 0.29) is 0 Å². The number of anilines is 1. The van der Waals surface area contributed by atoms with Crippen LogP contribution in [0, 0.1) is 0 Å². The van der Waals surface area contributed by atoms with Crippen LogP contribution in [0.1, 0.15) is 5.56 Å². The number of rotatable bonds is 3. The average Bonchev–Trinajstić information content (AvgIpc) is 3.10. The molecular weight excluding hydrogens is 369 g/mol. The lowest BCUT2D eigenvalue weighted by atomic mass is 10.0. The minimum absolute atomic E-state index is 0.366. The number of ether oxygens (including phenoxy) is 1. The highest BCUT2D eigenvalue weighted by Gasteiger charge is 2.30. The molecule has 28 heavy (non-hydrogen) atoms. The zero-order valence-electron chi connectivity index (χ0n) is 14.7. The first kappa shape index (κ1) is 17.9. The van der Waals surface area contributed by atoms with E-state index in [0.717, 1.165) is 12.1 Å². The van der Waals surface area contributed by atoms with Gasteiger partial charge < -0.3 is 14.9 Å². The van der Waals surface area contributed by atoms with Crippen LogP contribution < -0.4 is 10.5 Å². The molecule has 0 saturated heterocycles. The van der Waals surface area contributed by atoms with Crippen LogP contribution in [0.3, 0.4) is 0 Å². The van der Waals surface area contributed by atoms with Crippen molar-refractivity contribution in [3.05, 3.63) is 66.2 Å². The maximum Gasteiger partial charge on any atom is 0.416 e. The molecule has 0 aliphatic carbocycles. The van der Waals surface area contributed by atoms with E-state index < -0.39 is 11.7 Å². The van der Waals surface area contributed by atoms with Gasteiger partial charge in [0.05, 0.1) is 18.4 Å². The Labute approximate surface area is 158 Å². The number of fused-ring (bicyclic) bond motifs is 1. The van der Waals surface area contributed by atoms with Crippen molar-refractivity contribution in [2.24, 2.45) is 0 Å². The highest BCUT2D eigenvalue weighted by atomic mass is 19.4. The Bertz CT molecular complexity index is 1170. The highest BCUT2D eigenvalue weighted by molar-refractivity contribution is 5.83. The summed E-state index contributed by atoms with van der Waals surface area (Å²) >= 11 is 0. The lowest BCUT2D eigenvalue weighted by molar-refractivity contribution is -0.137. The van der Waals surface area contributed by atoms with E-state index in [1.807, 2.05) is 0 Å². The molecule has 0 aliphatic rings. The van der Waals surface area contributed by atoms with Crippen LogP contribution in [0.2, 0.25) is 0 Å².